The summed E-state index contributed by atoms with van der Waals surface area (Å²) in [4.78, 5) is 0. The average molecular weight is 286 g/mol. The summed E-state index contributed by atoms with van der Waals surface area (Å²) in [6.45, 7) is 8.75. The summed E-state index contributed by atoms with van der Waals surface area (Å²) in [7, 11) is 1.64. The monoisotopic (exact) mass is 285 g/mol. The predicted octanol–water partition coefficient (Wildman–Crippen LogP) is 3.88. The SMILES string of the molecule is CCCNCc1cc(Cl)c(OCC(C)C)c(OC)c1. The van der Waals surface area contributed by atoms with Crippen LogP contribution >= 0.6 is 11.6 Å². The Bertz CT molecular complexity index is 394. The van der Waals surface area contributed by atoms with E-state index in [0.29, 0.717) is 29.0 Å². The van der Waals surface area contributed by atoms with Crippen LogP contribution in [0.5, 0.6) is 11.5 Å². The van der Waals surface area contributed by atoms with E-state index in [2.05, 4.69) is 26.1 Å². The first kappa shape index (κ1) is 16.1. The highest BCUT2D eigenvalue weighted by Crippen LogP contribution is 2.36. The molecule has 0 radical (unpaired) electrons. The fourth-order valence-electron chi connectivity index (χ4n) is 1.67. The van der Waals surface area contributed by atoms with Crippen molar-refractivity contribution >= 4 is 11.6 Å². The topological polar surface area (TPSA) is 30.5 Å². The Labute approximate surface area is 121 Å². The number of hydrogen-bond donors (Lipinski definition) is 1. The number of methoxy groups -OCH3 is 1. The fourth-order valence-corrected chi connectivity index (χ4v) is 1.96. The lowest BCUT2D eigenvalue weighted by Crippen LogP contribution is -2.14. The Kier molecular flexibility index (Phi) is 7.03. The highest BCUT2D eigenvalue weighted by Gasteiger charge is 2.12. The Morgan fingerprint density at radius 3 is 2.63 bits per heavy atom. The van der Waals surface area contributed by atoms with Crippen LogP contribution in [-0.2, 0) is 6.54 Å². The van der Waals surface area contributed by atoms with Gasteiger partial charge >= 0.3 is 0 Å². The number of rotatable bonds is 8. The molecule has 3 nitrogen and oxygen atoms in total. The molecule has 0 bridgehead atoms. The van der Waals surface area contributed by atoms with Gasteiger partial charge in [0.15, 0.2) is 11.5 Å². The first-order chi connectivity index (χ1) is 9.08. The maximum Gasteiger partial charge on any atom is 0.179 e. The van der Waals surface area contributed by atoms with Crippen LogP contribution in [0.2, 0.25) is 5.02 Å². The zero-order valence-corrected chi connectivity index (χ0v) is 13.0. The summed E-state index contributed by atoms with van der Waals surface area (Å²) in [5.41, 5.74) is 1.10. The van der Waals surface area contributed by atoms with Crippen molar-refractivity contribution in [1.29, 1.82) is 0 Å². The van der Waals surface area contributed by atoms with Gasteiger partial charge < -0.3 is 14.8 Å². The first-order valence-corrected chi connectivity index (χ1v) is 7.16. The summed E-state index contributed by atoms with van der Waals surface area (Å²) in [5.74, 6) is 1.78. The van der Waals surface area contributed by atoms with Crippen LogP contribution in [0.3, 0.4) is 0 Å². The minimum atomic E-state index is 0.451. The number of hydrogen-bond acceptors (Lipinski definition) is 3. The molecular weight excluding hydrogens is 262 g/mol. The third-order valence-electron chi connectivity index (χ3n) is 2.61. The second-order valence-corrected chi connectivity index (χ2v) is 5.40. The van der Waals surface area contributed by atoms with Gasteiger partial charge in [-0.2, -0.15) is 0 Å². The van der Waals surface area contributed by atoms with E-state index in [0.717, 1.165) is 25.1 Å². The van der Waals surface area contributed by atoms with E-state index in [-0.39, 0.29) is 0 Å². The molecule has 0 amide bonds. The van der Waals surface area contributed by atoms with Crippen molar-refractivity contribution in [3.63, 3.8) is 0 Å². The van der Waals surface area contributed by atoms with Gasteiger partial charge in [-0.25, -0.2) is 0 Å². The molecular formula is C15H24ClNO2. The third kappa shape index (κ3) is 5.29. The quantitative estimate of drug-likeness (QED) is 0.735. The van der Waals surface area contributed by atoms with Crippen LogP contribution in [0.15, 0.2) is 12.1 Å². The van der Waals surface area contributed by atoms with Gasteiger partial charge in [0.1, 0.15) is 0 Å². The van der Waals surface area contributed by atoms with E-state index in [1.165, 1.54) is 0 Å². The highest BCUT2D eigenvalue weighted by molar-refractivity contribution is 6.32. The van der Waals surface area contributed by atoms with Crippen LogP contribution < -0.4 is 14.8 Å². The largest absolute Gasteiger partial charge is 0.493 e. The molecule has 4 heteroatoms. The smallest absolute Gasteiger partial charge is 0.179 e. The molecule has 1 aromatic rings. The second-order valence-electron chi connectivity index (χ2n) is 4.99. The Balaban J connectivity index is 2.81. The molecule has 0 aromatic heterocycles. The van der Waals surface area contributed by atoms with Gasteiger partial charge in [-0.1, -0.05) is 32.4 Å². The number of benzene rings is 1. The second kappa shape index (κ2) is 8.28. The minimum absolute atomic E-state index is 0.451. The van der Waals surface area contributed by atoms with Gasteiger partial charge in [0.2, 0.25) is 0 Å². The van der Waals surface area contributed by atoms with Crippen LogP contribution in [0, 0.1) is 5.92 Å². The van der Waals surface area contributed by atoms with Gasteiger partial charge in [0.25, 0.3) is 0 Å². The van der Waals surface area contributed by atoms with Crippen molar-refractivity contribution in [2.75, 3.05) is 20.3 Å². The lowest BCUT2D eigenvalue weighted by Gasteiger charge is -2.15. The van der Waals surface area contributed by atoms with Crippen LogP contribution in [0.25, 0.3) is 0 Å². The lowest BCUT2D eigenvalue weighted by molar-refractivity contribution is 0.257. The van der Waals surface area contributed by atoms with Crippen molar-refractivity contribution in [1.82, 2.24) is 5.32 Å². The molecule has 19 heavy (non-hydrogen) atoms. The molecule has 0 unspecified atom stereocenters. The minimum Gasteiger partial charge on any atom is -0.493 e. The molecule has 0 saturated carbocycles. The maximum absolute atomic E-state index is 6.28. The summed E-state index contributed by atoms with van der Waals surface area (Å²) in [6.07, 6.45) is 1.11. The van der Waals surface area contributed by atoms with Crippen molar-refractivity contribution in [2.24, 2.45) is 5.92 Å². The van der Waals surface area contributed by atoms with Gasteiger partial charge in [0.05, 0.1) is 18.7 Å². The molecule has 1 aromatic carbocycles. The van der Waals surface area contributed by atoms with Crippen molar-refractivity contribution in [3.8, 4) is 11.5 Å². The zero-order valence-electron chi connectivity index (χ0n) is 12.3. The maximum atomic E-state index is 6.28. The van der Waals surface area contributed by atoms with Crippen LogP contribution in [-0.4, -0.2) is 20.3 Å². The molecule has 0 heterocycles. The molecule has 1 rings (SSSR count). The highest BCUT2D eigenvalue weighted by atomic mass is 35.5. The molecule has 0 saturated heterocycles. The number of halogens is 1. The molecule has 0 aliphatic carbocycles. The van der Waals surface area contributed by atoms with Crippen LogP contribution in [0.1, 0.15) is 32.8 Å². The zero-order chi connectivity index (χ0) is 14.3. The summed E-state index contributed by atoms with van der Waals surface area (Å²) in [5, 5.41) is 3.95. The number of ether oxygens (including phenoxy) is 2. The predicted molar refractivity (Wildman–Crippen MR) is 80.3 cm³/mol. The Morgan fingerprint density at radius 1 is 1.32 bits per heavy atom. The molecule has 0 aliphatic rings. The van der Waals surface area contributed by atoms with E-state index in [4.69, 9.17) is 21.1 Å². The molecule has 1 N–H and O–H groups in total. The summed E-state index contributed by atoms with van der Waals surface area (Å²) < 4.78 is 11.1. The fraction of sp³-hybridized carbons (Fsp3) is 0.600. The lowest BCUT2D eigenvalue weighted by atomic mass is 10.2. The van der Waals surface area contributed by atoms with Gasteiger partial charge in [-0.15, -0.1) is 0 Å². The molecule has 108 valence electrons. The van der Waals surface area contributed by atoms with Gasteiger partial charge in [-0.05, 0) is 36.6 Å². The van der Waals surface area contributed by atoms with Crippen LogP contribution in [0.4, 0.5) is 0 Å². The molecule has 0 aliphatic heterocycles. The third-order valence-corrected chi connectivity index (χ3v) is 2.89. The Morgan fingerprint density at radius 2 is 2.05 bits per heavy atom. The number of nitrogens with one attached hydrogen (secondary N) is 1. The van der Waals surface area contributed by atoms with E-state index >= 15 is 0 Å². The molecule has 0 fully saturated rings. The average Bonchev–Trinajstić information content (AvgIpc) is 2.37. The summed E-state index contributed by atoms with van der Waals surface area (Å²) >= 11 is 6.28. The molecule has 0 spiro atoms. The van der Waals surface area contributed by atoms with E-state index in [1.807, 2.05) is 12.1 Å². The van der Waals surface area contributed by atoms with Gasteiger partial charge in [-0.3, -0.25) is 0 Å². The van der Waals surface area contributed by atoms with E-state index < -0.39 is 0 Å². The Hall–Kier alpha value is -0.930. The van der Waals surface area contributed by atoms with Crippen molar-refractivity contribution in [2.45, 2.75) is 33.7 Å². The normalized spacial score (nSPS) is 10.8. The van der Waals surface area contributed by atoms with Gasteiger partial charge in [0, 0.05) is 6.54 Å². The first-order valence-electron chi connectivity index (χ1n) is 6.78. The van der Waals surface area contributed by atoms with E-state index in [1.54, 1.807) is 7.11 Å². The van der Waals surface area contributed by atoms with Crippen molar-refractivity contribution in [3.05, 3.63) is 22.7 Å². The van der Waals surface area contributed by atoms with E-state index in [9.17, 15) is 0 Å². The molecule has 0 atom stereocenters. The standard InChI is InChI=1S/C15H24ClNO2/c1-5-6-17-9-12-7-13(16)15(14(8-12)18-4)19-10-11(2)3/h7-8,11,17H,5-6,9-10H2,1-4H3. The summed E-state index contributed by atoms with van der Waals surface area (Å²) in [6, 6.07) is 3.91. The van der Waals surface area contributed by atoms with Crippen molar-refractivity contribution < 1.29 is 9.47 Å².